The number of hydrogen-bond acceptors (Lipinski definition) is 2. The van der Waals surface area contributed by atoms with Crippen molar-refractivity contribution in [2.75, 3.05) is 0 Å². The predicted octanol–water partition coefficient (Wildman–Crippen LogP) is 5.10. The van der Waals surface area contributed by atoms with E-state index in [-0.39, 0.29) is 5.92 Å². The fraction of sp³-hybridized carbons (Fsp3) is 0.100. The molecule has 24 heavy (non-hydrogen) atoms. The smallest absolute Gasteiger partial charge is 0.186 e. The van der Waals surface area contributed by atoms with E-state index in [2.05, 4.69) is 22.6 Å². The average Bonchev–Trinajstić information content (AvgIpc) is 2.87. The van der Waals surface area contributed by atoms with Crippen LogP contribution in [0, 0.1) is 9.49 Å². The quantitative estimate of drug-likeness (QED) is 0.610. The van der Waals surface area contributed by atoms with Crippen LogP contribution in [-0.4, -0.2) is 8.42 Å². The Kier molecular flexibility index (Phi) is 5.36. The molecular formula is C20H17IO2S. The summed E-state index contributed by atoms with van der Waals surface area (Å²) in [5.74, 6) is -0.221. The van der Waals surface area contributed by atoms with Crippen LogP contribution in [0.25, 0.3) is 0 Å². The van der Waals surface area contributed by atoms with E-state index in [1.54, 1.807) is 24.3 Å². The van der Waals surface area contributed by atoms with E-state index in [1.165, 1.54) is 0 Å². The van der Waals surface area contributed by atoms with Gasteiger partial charge in [-0.15, -0.1) is 0 Å². The number of benzene rings is 2. The first kappa shape index (κ1) is 17.2. The molecule has 0 aromatic heterocycles. The van der Waals surface area contributed by atoms with Gasteiger partial charge in [-0.05, 0) is 46.4 Å². The molecule has 0 amide bonds. The van der Waals surface area contributed by atoms with Crippen molar-refractivity contribution in [3.63, 3.8) is 0 Å². The second-order valence-electron chi connectivity index (χ2n) is 5.53. The first-order chi connectivity index (χ1) is 11.6. The topological polar surface area (TPSA) is 34.1 Å². The van der Waals surface area contributed by atoms with Crippen molar-refractivity contribution in [2.24, 2.45) is 5.92 Å². The Labute approximate surface area is 156 Å². The van der Waals surface area contributed by atoms with Crippen LogP contribution in [0.2, 0.25) is 0 Å². The number of sulfone groups is 1. The van der Waals surface area contributed by atoms with E-state index < -0.39 is 15.1 Å². The average molecular weight is 448 g/mol. The second-order valence-corrected chi connectivity index (χ2v) is 8.76. The summed E-state index contributed by atoms with van der Waals surface area (Å²) < 4.78 is 27.8. The van der Waals surface area contributed by atoms with Crippen LogP contribution in [0.15, 0.2) is 95.9 Å². The van der Waals surface area contributed by atoms with Crippen molar-refractivity contribution in [1.29, 1.82) is 0 Å². The Bertz CT molecular complexity index is 880. The molecule has 3 rings (SSSR count). The van der Waals surface area contributed by atoms with E-state index in [1.807, 2.05) is 66.8 Å². The highest BCUT2D eigenvalue weighted by Crippen LogP contribution is 2.39. The fourth-order valence-corrected chi connectivity index (χ4v) is 5.72. The van der Waals surface area contributed by atoms with Gasteiger partial charge < -0.3 is 0 Å². The molecule has 122 valence electrons. The van der Waals surface area contributed by atoms with Gasteiger partial charge >= 0.3 is 0 Å². The van der Waals surface area contributed by atoms with E-state index in [0.29, 0.717) is 4.90 Å². The molecule has 0 radical (unpaired) electrons. The molecule has 2 aromatic rings. The van der Waals surface area contributed by atoms with Crippen molar-refractivity contribution in [3.8, 4) is 0 Å². The molecule has 0 N–H and O–H groups in total. The maximum atomic E-state index is 13.4. The number of allylic oxidation sites excluding steroid dienone is 6. The van der Waals surface area contributed by atoms with Gasteiger partial charge in [0.15, 0.2) is 9.84 Å². The largest absolute Gasteiger partial charge is 0.223 e. The lowest BCUT2D eigenvalue weighted by molar-refractivity contribution is 0.569. The molecule has 0 heterocycles. The van der Waals surface area contributed by atoms with Gasteiger partial charge in [0.05, 0.1) is 4.90 Å². The van der Waals surface area contributed by atoms with Crippen molar-refractivity contribution in [2.45, 2.75) is 10.1 Å². The zero-order valence-corrected chi connectivity index (χ0v) is 15.9. The van der Waals surface area contributed by atoms with E-state index in [0.717, 1.165) is 9.13 Å². The zero-order valence-electron chi connectivity index (χ0n) is 12.9. The molecule has 0 spiro atoms. The summed E-state index contributed by atoms with van der Waals surface area (Å²) in [6.45, 7) is 0. The Morgan fingerprint density at radius 1 is 0.792 bits per heavy atom. The molecule has 4 heteroatoms. The van der Waals surface area contributed by atoms with E-state index in [4.69, 9.17) is 0 Å². The molecule has 0 aliphatic heterocycles. The minimum atomic E-state index is -3.53. The third-order valence-electron chi connectivity index (χ3n) is 3.97. The van der Waals surface area contributed by atoms with Gasteiger partial charge in [-0.25, -0.2) is 8.42 Å². The predicted molar refractivity (Wildman–Crippen MR) is 106 cm³/mol. The van der Waals surface area contributed by atoms with Gasteiger partial charge in [-0.3, -0.25) is 0 Å². The zero-order chi connectivity index (χ0) is 17.0. The molecule has 1 aliphatic rings. The summed E-state index contributed by atoms with van der Waals surface area (Å²) in [5, 5.41) is -0.652. The normalized spacial score (nSPS) is 16.0. The van der Waals surface area contributed by atoms with Gasteiger partial charge in [0.1, 0.15) is 5.25 Å². The lowest BCUT2D eigenvalue weighted by atomic mass is 9.98. The summed E-state index contributed by atoms with van der Waals surface area (Å²) >= 11 is 2.21. The van der Waals surface area contributed by atoms with Gasteiger partial charge in [-0.1, -0.05) is 72.9 Å². The SMILES string of the molecule is O=S(=O)(c1ccccc1)C(c1ccccc1I)C1C=CC=CC=C1. The van der Waals surface area contributed by atoms with Crippen LogP contribution >= 0.6 is 22.6 Å². The third-order valence-corrected chi connectivity index (χ3v) is 7.12. The minimum Gasteiger partial charge on any atom is -0.223 e. The number of halogens is 1. The van der Waals surface area contributed by atoms with Crippen LogP contribution in [0.3, 0.4) is 0 Å². The molecule has 1 aliphatic carbocycles. The van der Waals surface area contributed by atoms with Crippen molar-refractivity contribution >= 4 is 32.4 Å². The Hall–Kier alpha value is -1.66. The van der Waals surface area contributed by atoms with Crippen LogP contribution in [0.1, 0.15) is 10.8 Å². The Morgan fingerprint density at radius 3 is 2.00 bits per heavy atom. The van der Waals surface area contributed by atoms with Crippen LogP contribution in [0.5, 0.6) is 0 Å². The lowest BCUT2D eigenvalue weighted by Crippen LogP contribution is -2.21. The molecule has 0 bridgehead atoms. The molecule has 0 saturated carbocycles. The lowest BCUT2D eigenvalue weighted by Gasteiger charge is -2.24. The van der Waals surface area contributed by atoms with E-state index >= 15 is 0 Å². The molecule has 1 atom stereocenters. The summed E-state index contributed by atoms with van der Waals surface area (Å²) in [6, 6.07) is 16.4. The maximum absolute atomic E-state index is 13.4. The van der Waals surface area contributed by atoms with Gasteiger partial charge in [0.2, 0.25) is 0 Å². The first-order valence-corrected chi connectivity index (χ1v) is 10.3. The molecule has 0 fully saturated rings. The summed E-state index contributed by atoms with van der Waals surface area (Å²) in [5.41, 5.74) is 0.836. The minimum absolute atomic E-state index is 0.221. The van der Waals surface area contributed by atoms with Crippen LogP contribution in [0.4, 0.5) is 0 Å². The number of hydrogen-bond donors (Lipinski definition) is 0. The third kappa shape index (κ3) is 3.54. The summed E-state index contributed by atoms with van der Waals surface area (Å²) in [7, 11) is -3.53. The Balaban J connectivity index is 2.18. The van der Waals surface area contributed by atoms with Gasteiger partial charge in [-0.2, -0.15) is 0 Å². The van der Waals surface area contributed by atoms with Gasteiger partial charge in [0, 0.05) is 9.49 Å². The van der Waals surface area contributed by atoms with E-state index in [9.17, 15) is 8.42 Å². The highest BCUT2D eigenvalue weighted by Gasteiger charge is 2.35. The highest BCUT2D eigenvalue weighted by atomic mass is 127. The molecule has 2 nitrogen and oxygen atoms in total. The first-order valence-electron chi connectivity index (χ1n) is 7.66. The molecule has 1 unspecified atom stereocenters. The van der Waals surface area contributed by atoms with Crippen LogP contribution < -0.4 is 0 Å². The van der Waals surface area contributed by atoms with Crippen molar-refractivity contribution in [1.82, 2.24) is 0 Å². The maximum Gasteiger partial charge on any atom is 0.186 e. The fourth-order valence-electron chi connectivity index (χ4n) is 2.82. The molecule has 0 saturated heterocycles. The van der Waals surface area contributed by atoms with Gasteiger partial charge in [0.25, 0.3) is 0 Å². The Morgan fingerprint density at radius 2 is 1.38 bits per heavy atom. The summed E-state index contributed by atoms with van der Waals surface area (Å²) in [6.07, 6.45) is 11.6. The molecular weight excluding hydrogens is 431 g/mol. The summed E-state index contributed by atoms with van der Waals surface area (Å²) in [4.78, 5) is 0.355. The highest BCUT2D eigenvalue weighted by molar-refractivity contribution is 14.1. The number of rotatable bonds is 4. The molecule has 2 aromatic carbocycles. The monoisotopic (exact) mass is 448 g/mol. The second kappa shape index (κ2) is 7.49. The van der Waals surface area contributed by atoms with Crippen LogP contribution in [-0.2, 0) is 9.84 Å². The standard InChI is InChI=1S/C20H17IO2S/c21-19-15-9-8-14-18(19)20(16-10-4-1-2-5-11-16)24(22,23)17-12-6-3-7-13-17/h1-16,20H. The van der Waals surface area contributed by atoms with Crippen molar-refractivity contribution < 1.29 is 8.42 Å². The van der Waals surface area contributed by atoms with Crippen molar-refractivity contribution in [3.05, 3.63) is 100 Å².